The molecule has 0 unspecified atom stereocenters. The standard InChI is InChI=1S/C36H53N2O3S/c1-5-6-7-8-9-10-11-12-13-14-15-16-24-41-36-26-32(20-21-35(36)40-4)22-23-38(31(3)39)34-19-17-18-33(25-34)28-37-27-30(2)42-29-37/h17-21,25-27,29H,5-16,22-24,28H2,1-4H3/q+1. The van der Waals surface area contributed by atoms with Crippen LogP contribution in [0.2, 0.25) is 0 Å². The van der Waals surface area contributed by atoms with E-state index in [4.69, 9.17) is 9.47 Å². The molecule has 1 amide bonds. The third-order valence-electron chi connectivity index (χ3n) is 7.80. The largest absolute Gasteiger partial charge is 0.493 e. The Hall–Kier alpha value is -2.86. The Bertz CT molecular complexity index is 1190. The molecule has 0 bridgehead atoms. The van der Waals surface area contributed by atoms with E-state index >= 15 is 0 Å². The molecule has 0 N–H and O–H groups in total. The van der Waals surface area contributed by atoms with Gasteiger partial charge in [0.1, 0.15) is 0 Å². The van der Waals surface area contributed by atoms with Crippen molar-refractivity contribution in [3.63, 3.8) is 0 Å². The van der Waals surface area contributed by atoms with E-state index in [1.807, 2.05) is 23.1 Å². The average molecular weight is 594 g/mol. The zero-order valence-electron chi connectivity index (χ0n) is 26.5. The first-order valence-corrected chi connectivity index (χ1v) is 17.0. The minimum absolute atomic E-state index is 0.0446. The highest BCUT2D eigenvalue weighted by atomic mass is 32.1. The number of aromatic nitrogens is 1. The van der Waals surface area contributed by atoms with Crippen molar-refractivity contribution in [3.05, 3.63) is 70.2 Å². The number of aryl methyl sites for hydroxylation is 1. The molecule has 42 heavy (non-hydrogen) atoms. The van der Waals surface area contributed by atoms with Crippen LogP contribution >= 0.6 is 11.3 Å². The first kappa shape index (κ1) is 33.6. The summed E-state index contributed by atoms with van der Waals surface area (Å²) in [6.07, 6.45) is 18.8. The van der Waals surface area contributed by atoms with Crippen molar-refractivity contribution in [2.75, 3.05) is 25.2 Å². The zero-order chi connectivity index (χ0) is 30.0. The van der Waals surface area contributed by atoms with Crippen molar-refractivity contribution in [2.45, 2.75) is 111 Å². The van der Waals surface area contributed by atoms with Crippen molar-refractivity contribution in [1.29, 1.82) is 0 Å². The van der Waals surface area contributed by atoms with E-state index in [9.17, 15) is 4.79 Å². The van der Waals surface area contributed by atoms with Gasteiger partial charge in [0, 0.05) is 24.7 Å². The number of unbranched alkanes of at least 4 members (excludes halogenated alkanes) is 11. The number of rotatable bonds is 21. The van der Waals surface area contributed by atoms with E-state index in [0.717, 1.165) is 42.1 Å². The van der Waals surface area contributed by atoms with Crippen LogP contribution in [0.25, 0.3) is 0 Å². The number of amides is 1. The zero-order valence-corrected chi connectivity index (χ0v) is 27.4. The molecule has 230 valence electrons. The van der Waals surface area contributed by atoms with Gasteiger partial charge >= 0.3 is 0 Å². The van der Waals surface area contributed by atoms with Crippen LogP contribution in [0, 0.1) is 6.92 Å². The van der Waals surface area contributed by atoms with Gasteiger partial charge in [-0.2, -0.15) is 4.57 Å². The molecule has 5 nitrogen and oxygen atoms in total. The van der Waals surface area contributed by atoms with Crippen molar-refractivity contribution < 1.29 is 18.8 Å². The lowest BCUT2D eigenvalue weighted by Gasteiger charge is -2.22. The minimum Gasteiger partial charge on any atom is -0.493 e. The van der Waals surface area contributed by atoms with E-state index in [0.29, 0.717) is 13.2 Å². The molecule has 0 radical (unpaired) electrons. The van der Waals surface area contributed by atoms with Crippen molar-refractivity contribution in [3.8, 4) is 11.5 Å². The predicted octanol–water partition coefficient (Wildman–Crippen LogP) is 9.08. The lowest BCUT2D eigenvalue weighted by Crippen LogP contribution is -2.32. The molecule has 0 aliphatic heterocycles. The summed E-state index contributed by atoms with van der Waals surface area (Å²) in [4.78, 5) is 15.8. The Balaban J connectivity index is 1.43. The molecule has 0 aliphatic rings. The Labute approximate surface area is 258 Å². The monoisotopic (exact) mass is 593 g/mol. The van der Waals surface area contributed by atoms with Gasteiger partial charge < -0.3 is 14.4 Å². The summed E-state index contributed by atoms with van der Waals surface area (Å²) in [5.74, 6) is 1.59. The second-order valence-electron chi connectivity index (χ2n) is 11.4. The van der Waals surface area contributed by atoms with Crippen LogP contribution in [0.4, 0.5) is 5.69 Å². The molecule has 1 aromatic heterocycles. The first-order valence-electron chi connectivity index (χ1n) is 16.1. The predicted molar refractivity (Wildman–Crippen MR) is 176 cm³/mol. The molecule has 3 rings (SSSR count). The van der Waals surface area contributed by atoms with Crippen LogP contribution in [0.5, 0.6) is 11.5 Å². The highest BCUT2D eigenvalue weighted by molar-refractivity contribution is 7.09. The third-order valence-corrected chi connectivity index (χ3v) is 8.65. The van der Waals surface area contributed by atoms with Crippen LogP contribution in [-0.2, 0) is 17.8 Å². The van der Waals surface area contributed by atoms with Gasteiger partial charge in [0.2, 0.25) is 11.4 Å². The van der Waals surface area contributed by atoms with Crippen LogP contribution in [0.1, 0.15) is 107 Å². The second kappa shape index (κ2) is 19.4. The fraction of sp³-hybridized carbons (Fsp3) is 0.556. The Kier molecular flexibility index (Phi) is 15.5. The lowest BCUT2D eigenvalue weighted by molar-refractivity contribution is -0.683. The minimum atomic E-state index is 0.0446. The summed E-state index contributed by atoms with van der Waals surface area (Å²) in [7, 11) is 1.69. The number of methoxy groups -OCH3 is 1. The number of hydrogen-bond acceptors (Lipinski definition) is 4. The van der Waals surface area contributed by atoms with E-state index in [-0.39, 0.29) is 5.91 Å². The molecule has 0 spiro atoms. The molecule has 1 heterocycles. The van der Waals surface area contributed by atoms with E-state index in [1.54, 1.807) is 25.4 Å². The molecule has 2 aromatic carbocycles. The molecule has 3 aromatic rings. The molecule has 0 saturated heterocycles. The van der Waals surface area contributed by atoms with Gasteiger partial charge in [-0.05, 0) is 49.6 Å². The second-order valence-corrected chi connectivity index (χ2v) is 12.5. The van der Waals surface area contributed by atoms with E-state index in [1.165, 1.54) is 81.1 Å². The van der Waals surface area contributed by atoms with Gasteiger partial charge in [-0.25, -0.2) is 0 Å². The number of carbonyl (C=O) groups is 1. The van der Waals surface area contributed by atoms with Gasteiger partial charge in [0.25, 0.3) is 0 Å². The Morgan fingerprint density at radius 1 is 0.857 bits per heavy atom. The summed E-state index contributed by atoms with van der Waals surface area (Å²) >= 11 is 1.74. The quantitative estimate of drug-likeness (QED) is 0.0914. The fourth-order valence-corrected chi connectivity index (χ4v) is 6.02. The molecular weight excluding hydrogens is 540 g/mol. The average Bonchev–Trinajstić information content (AvgIpc) is 3.39. The summed E-state index contributed by atoms with van der Waals surface area (Å²) < 4.78 is 13.9. The van der Waals surface area contributed by atoms with Gasteiger partial charge in [-0.15, -0.1) is 0 Å². The maximum absolute atomic E-state index is 12.6. The summed E-state index contributed by atoms with van der Waals surface area (Å²) in [5, 5.41) is 0. The van der Waals surface area contributed by atoms with E-state index in [2.05, 4.69) is 54.4 Å². The van der Waals surface area contributed by atoms with Gasteiger partial charge in [0.15, 0.2) is 24.2 Å². The summed E-state index contributed by atoms with van der Waals surface area (Å²) in [6.45, 7) is 8.13. The number of anilines is 1. The normalized spacial score (nSPS) is 11.0. The Morgan fingerprint density at radius 3 is 2.17 bits per heavy atom. The molecule has 0 aliphatic carbocycles. The highest BCUT2D eigenvalue weighted by Crippen LogP contribution is 2.29. The SMILES string of the molecule is CCCCCCCCCCCCCCOc1cc(CCN(C(C)=O)c2cccc(C[n+]3csc(C)c3)c2)ccc1OC. The smallest absolute Gasteiger partial charge is 0.225 e. The fourth-order valence-electron chi connectivity index (χ4n) is 5.39. The van der Waals surface area contributed by atoms with Gasteiger partial charge in [-0.3, -0.25) is 4.79 Å². The van der Waals surface area contributed by atoms with Crippen LogP contribution in [0.15, 0.2) is 54.2 Å². The van der Waals surface area contributed by atoms with Crippen molar-refractivity contribution in [2.24, 2.45) is 0 Å². The number of hydrogen-bond donors (Lipinski definition) is 0. The number of carbonyl (C=O) groups excluding carboxylic acids is 1. The number of benzene rings is 2. The van der Waals surface area contributed by atoms with Crippen molar-refractivity contribution >= 4 is 22.9 Å². The summed E-state index contributed by atoms with van der Waals surface area (Å²) in [6, 6.07) is 14.4. The molecule has 0 saturated carbocycles. The molecular formula is C36H53N2O3S+. The number of nitrogens with zero attached hydrogens (tertiary/aromatic N) is 2. The van der Waals surface area contributed by atoms with Gasteiger partial charge in [0.05, 0.1) is 18.6 Å². The van der Waals surface area contributed by atoms with Crippen LogP contribution in [0.3, 0.4) is 0 Å². The van der Waals surface area contributed by atoms with Gasteiger partial charge in [-0.1, -0.05) is 107 Å². The number of ether oxygens (including phenoxy) is 2. The number of thiazole rings is 1. The third kappa shape index (κ3) is 12.2. The Morgan fingerprint density at radius 2 is 1.55 bits per heavy atom. The molecule has 0 fully saturated rings. The first-order chi connectivity index (χ1) is 20.5. The lowest BCUT2D eigenvalue weighted by atomic mass is 10.1. The van der Waals surface area contributed by atoms with E-state index < -0.39 is 0 Å². The van der Waals surface area contributed by atoms with Crippen molar-refractivity contribution in [1.82, 2.24) is 0 Å². The van der Waals surface area contributed by atoms with Crippen LogP contribution in [-0.4, -0.2) is 26.2 Å². The molecule has 0 atom stereocenters. The molecule has 6 heteroatoms. The van der Waals surface area contributed by atoms with Crippen LogP contribution < -0.4 is 18.9 Å². The topological polar surface area (TPSA) is 42.7 Å². The summed E-state index contributed by atoms with van der Waals surface area (Å²) in [5.41, 5.74) is 5.38. The maximum atomic E-state index is 12.6. The maximum Gasteiger partial charge on any atom is 0.225 e. The highest BCUT2D eigenvalue weighted by Gasteiger charge is 2.15.